The maximum absolute atomic E-state index is 12.3. The average Bonchev–Trinajstić information content (AvgIpc) is 2.00. The summed E-state index contributed by atoms with van der Waals surface area (Å²) in [5.41, 5.74) is -2.53. The third-order valence-corrected chi connectivity index (χ3v) is 2.23. The Kier molecular flexibility index (Phi) is 3.40. The smallest absolute Gasteiger partial charge is 0.243 e. The molecule has 1 heterocycles. The number of hydrogen-bond donors (Lipinski definition) is 0. The van der Waals surface area contributed by atoms with Gasteiger partial charge < -0.3 is 0 Å². The third kappa shape index (κ3) is 2.49. The molecule has 0 bridgehead atoms. The molecule has 0 unspecified atom stereocenters. The predicted molar refractivity (Wildman–Crippen MR) is 44.2 cm³/mol. The van der Waals surface area contributed by atoms with Gasteiger partial charge in [0.15, 0.2) is 0 Å². The molecule has 84 valence electrons. The lowest BCUT2D eigenvalue weighted by Crippen LogP contribution is -2.09. The highest BCUT2D eigenvalue weighted by atomic mass is 35.5. The Morgan fingerprint density at radius 1 is 1.20 bits per heavy atom. The lowest BCUT2D eigenvalue weighted by Gasteiger charge is -2.12. The molecule has 1 rings (SSSR count). The monoisotopic (exact) mass is 265 g/mol. The number of nitrogens with zero attached hydrogens (tertiary/aromatic N) is 1. The Hall–Kier alpha value is -0.620. The van der Waals surface area contributed by atoms with Crippen LogP contribution in [0.3, 0.4) is 0 Å². The molecule has 8 heteroatoms. The molecule has 0 aliphatic rings. The molecular weight excluding hydrogens is 264 g/mol. The van der Waals surface area contributed by atoms with Gasteiger partial charge in [-0.3, -0.25) is 0 Å². The largest absolute Gasteiger partial charge is 0.419 e. The van der Waals surface area contributed by atoms with Crippen molar-refractivity contribution < 1.29 is 22.0 Å². The number of alkyl halides is 5. The van der Waals surface area contributed by atoms with Crippen molar-refractivity contribution in [1.29, 1.82) is 0 Å². The predicted octanol–water partition coefficient (Wildman–Crippen LogP) is 4.34. The van der Waals surface area contributed by atoms with Crippen molar-refractivity contribution >= 4 is 23.2 Å². The second kappa shape index (κ2) is 4.09. The van der Waals surface area contributed by atoms with E-state index < -0.39 is 33.9 Å². The Morgan fingerprint density at radius 3 is 2.13 bits per heavy atom. The fourth-order valence-electron chi connectivity index (χ4n) is 0.867. The molecule has 0 amide bonds. The lowest BCUT2D eigenvalue weighted by molar-refractivity contribution is -0.137. The highest BCUT2D eigenvalue weighted by molar-refractivity contribution is 6.35. The van der Waals surface area contributed by atoms with Crippen molar-refractivity contribution in [3.63, 3.8) is 0 Å². The van der Waals surface area contributed by atoms with Gasteiger partial charge in [0.1, 0.15) is 5.15 Å². The van der Waals surface area contributed by atoms with Crippen LogP contribution in [0.25, 0.3) is 0 Å². The van der Waals surface area contributed by atoms with E-state index in [1.165, 1.54) is 0 Å². The summed E-state index contributed by atoms with van der Waals surface area (Å²) in [6, 6.07) is 0. The maximum Gasteiger partial charge on any atom is 0.419 e. The SMILES string of the molecule is FC(F)c1c(Cl)ncc(C(F)(F)F)c1Cl. The minimum absolute atomic E-state index is 0.316. The second-order valence-corrected chi connectivity index (χ2v) is 3.22. The summed E-state index contributed by atoms with van der Waals surface area (Å²) < 4.78 is 61.2. The molecule has 0 radical (unpaired) electrons. The molecule has 0 saturated heterocycles. The summed E-state index contributed by atoms with van der Waals surface area (Å²) in [7, 11) is 0. The van der Waals surface area contributed by atoms with Gasteiger partial charge in [0.2, 0.25) is 0 Å². The average molecular weight is 266 g/mol. The Morgan fingerprint density at radius 2 is 1.73 bits per heavy atom. The third-order valence-electron chi connectivity index (χ3n) is 1.53. The molecule has 1 aromatic rings. The molecule has 0 aliphatic carbocycles. The van der Waals surface area contributed by atoms with Gasteiger partial charge in [-0.05, 0) is 0 Å². The van der Waals surface area contributed by atoms with E-state index in [-0.39, 0.29) is 0 Å². The quantitative estimate of drug-likeness (QED) is 0.544. The minimum atomic E-state index is -4.84. The van der Waals surface area contributed by atoms with Gasteiger partial charge in [0, 0.05) is 6.20 Å². The highest BCUT2D eigenvalue weighted by Gasteiger charge is 2.36. The lowest BCUT2D eigenvalue weighted by atomic mass is 10.2. The van der Waals surface area contributed by atoms with E-state index in [1.807, 2.05) is 0 Å². The second-order valence-electron chi connectivity index (χ2n) is 2.49. The van der Waals surface area contributed by atoms with E-state index in [0.29, 0.717) is 6.20 Å². The first-order chi connectivity index (χ1) is 6.75. The van der Waals surface area contributed by atoms with Crippen LogP contribution in [0.2, 0.25) is 10.2 Å². The molecule has 15 heavy (non-hydrogen) atoms. The Labute approximate surface area is 90.8 Å². The van der Waals surface area contributed by atoms with E-state index in [4.69, 9.17) is 23.2 Å². The molecule has 0 saturated carbocycles. The number of halogens is 7. The zero-order valence-corrected chi connectivity index (χ0v) is 8.26. The van der Waals surface area contributed by atoms with Crippen molar-refractivity contribution in [1.82, 2.24) is 4.98 Å². The van der Waals surface area contributed by atoms with Crippen LogP contribution in [0, 0.1) is 0 Å². The number of pyridine rings is 1. The molecular formula is C7H2Cl2F5N. The number of aromatic nitrogens is 1. The molecule has 0 spiro atoms. The van der Waals surface area contributed by atoms with E-state index in [0.717, 1.165) is 0 Å². The van der Waals surface area contributed by atoms with Crippen LogP contribution < -0.4 is 0 Å². The summed E-state index contributed by atoms with van der Waals surface area (Å²) in [6.45, 7) is 0. The van der Waals surface area contributed by atoms with Gasteiger partial charge >= 0.3 is 6.18 Å². The summed E-state index contributed by atoms with van der Waals surface area (Å²) >= 11 is 10.4. The van der Waals surface area contributed by atoms with Gasteiger partial charge in [-0.15, -0.1) is 0 Å². The van der Waals surface area contributed by atoms with E-state index in [1.54, 1.807) is 0 Å². The summed E-state index contributed by atoms with van der Waals surface area (Å²) in [5, 5.41) is -1.85. The van der Waals surface area contributed by atoms with Gasteiger partial charge in [-0.25, -0.2) is 13.8 Å². The molecule has 0 atom stereocenters. The van der Waals surface area contributed by atoms with Crippen LogP contribution in [0.4, 0.5) is 22.0 Å². The van der Waals surface area contributed by atoms with Crippen LogP contribution in [0.5, 0.6) is 0 Å². The van der Waals surface area contributed by atoms with Gasteiger partial charge in [0.25, 0.3) is 6.43 Å². The first-order valence-corrected chi connectivity index (χ1v) is 4.20. The molecule has 0 fully saturated rings. The fraction of sp³-hybridized carbons (Fsp3) is 0.286. The van der Waals surface area contributed by atoms with Crippen molar-refractivity contribution in [2.24, 2.45) is 0 Å². The Balaban J connectivity index is 3.42. The highest BCUT2D eigenvalue weighted by Crippen LogP contribution is 2.40. The normalized spacial score (nSPS) is 12.3. The van der Waals surface area contributed by atoms with Gasteiger partial charge in [-0.2, -0.15) is 13.2 Å². The standard InChI is InChI=1S/C7H2Cl2F5N/c8-4-2(7(12,13)14)1-15-5(9)3(4)6(10)11/h1,6H. The topological polar surface area (TPSA) is 12.9 Å². The molecule has 1 nitrogen and oxygen atoms in total. The zero-order valence-electron chi connectivity index (χ0n) is 6.75. The first kappa shape index (κ1) is 12.4. The minimum Gasteiger partial charge on any atom is -0.243 e. The van der Waals surface area contributed by atoms with Crippen LogP contribution in [-0.2, 0) is 6.18 Å². The van der Waals surface area contributed by atoms with Crippen molar-refractivity contribution in [2.75, 3.05) is 0 Å². The van der Waals surface area contributed by atoms with Crippen molar-refractivity contribution in [3.8, 4) is 0 Å². The van der Waals surface area contributed by atoms with Gasteiger partial charge in [-0.1, -0.05) is 23.2 Å². The van der Waals surface area contributed by atoms with Crippen LogP contribution in [0.1, 0.15) is 17.6 Å². The zero-order chi connectivity index (χ0) is 11.8. The number of rotatable bonds is 1. The molecule has 0 N–H and O–H groups in total. The first-order valence-electron chi connectivity index (χ1n) is 3.44. The van der Waals surface area contributed by atoms with Crippen LogP contribution in [-0.4, -0.2) is 4.98 Å². The fourth-order valence-corrected chi connectivity index (χ4v) is 1.47. The van der Waals surface area contributed by atoms with Crippen LogP contribution >= 0.6 is 23.2 Å². The van der Waals surface area contributed by atoms with Gasteiger partial charge in [0.05, 0.1) is 16.1 Å². The van der Waals surface area contributed by atoms with E-state index in [9.17, 15) is 22.0 Å². The van der Waals surface area contributed by atoms with Crippen molar-refractivity contribution in [3.05, 3.63) is 27.5 Å². The van der Waals surface area contributed by atoms with E-state index in [2.05, 4.69) is 4.98 Å². The summed E-state index contributed by atoms with van der Waals surface area (Å²) in [4.78, 5) is 3.01. The summed E-state index contributed by atoms with van der Waals surface area (Å²) in [5.74, 6) is 0. The van der Waals surface area contributed by atoms with E-state index >= 15 is 0 Å². The summed E-state index contributed by atoms with van der Waals surface area (Å²) in [6.07, 6.45) is -7.73. The molecule has 0 aromatic carbocycles. The Bertz CT molecular complexity index is 376. The van der Waals surface area contributed by atoms with Crippen molar-refractivity contribution in [2.45, 2.75) is 12.6 Å². The molecule has 0 aliphatic heterocycles. The van der Waals surface area contributed by atoms with Crippen LogP contribution in [0.15, 0.2) is 6.20 Å². The number of hydrogen-bond acceptors (Lipinski definition) is 1. The maximum atomic E-state index is 12.3. The molecule has 1 aromatic heterocycles.